The SMILES string of the molecule is O=C1c2ccccc2-c2nc(-c3ccc4c(c3)Cc3ccccc3-4)cc(-c3ccccc3)c21. The van der Waals surface area contributed by atoms with Crippen LogP contribution in [0.3, 0.4) is 0 Å². The maximum atomic E-state index is 13.4. The van der Waals surface area contributed by atoms with Crippen molar-refractivity contribution in [1.29, 1.82) is 0 Å². The minimum Gasteiger partial charge on any atom is -0.288 e. The predicted octanol–water partition coefficient (Wildman–Crippen LogP) is 7.20. The molecule has 1 aromatic heterocycles. The van der Waals surface area contributed by atoms with Crippen LogP contribution in [0.1, 0.15) is 27.0 Å². The number of carbonyl (C=O) groups is 1. The second-order valence-electron chi connectivity index (χ2n) is 8.73. The molecule has 1 heterocycles. The first-order valence-electron chi connectivity index (χ1n) is 11.2. The lowest BCUT2D eigenvalue weighted by molar-refractivity contribution is 0.104. The first-order chi connectivity index (χ1) is 16.3. The van der Waals surface area contributed by atoms with Gasteiger partial charge in [-0.25, -0.2) is 4.98 Å². The van der Waals surface area contributed by atoms with Crippen molar-refractivity contribution in [2.45, 2.75) is 6.42 Å². The van der Waals surface area contributed by atoms with Crippen LogP contribution in [0.2, 0.25) is 0 Å². The Morgan fingerprint density at radius 2 is 1.24 bits per heavy atom. The molecule has 5 aromatic rings. The normalized spacial score (nSPS) is 12.8. The fraction of sp³-hybridized carbons (Fsp3) is 0.0323. The Hall–Kier alpha value is -4.30. The van der Waals surface area contributed by atoms with Gasteiger partial charge in [0.1, 0.15) is 0 Å². The standard InChI is InChI=1S/C31H19NO/c33-31-26-13-7-6-12-25(26)30-29(31)27(19-8-2-1-3-9-19)18-28(32-30)21-14-15-24-22(17-21)16-20-10-4-5-11-23(20)24/h1-15,17-18H,16H2. The zero-order valence-electron chi connectivity index (χ0n) is 17.9. The number of fused-ring (bicyclic) bond motifs is 6. The molecule has 7 rings (SSSR count). The van der Waals surface area contributed by atoms with Crippen LogP contribution in [0, 0.1) is 0 Å². The summed E-state index contributed by atoms with van der Waals surface area (Å²) in [4.78, 5) is 18.4. The lowest BCUT2D eigenvalue weighted by atomic mass is 9.95. The van der Waals surface area contributed by atoms with Crippen molar-refractivity contribution in [2.75, 3.05) is 0 Å². The highest BCUT2D eigenvalue weighted by molar-refractivity contribution is 6.24. The van der Waals surface area contributed by atoms with Gasteiger partial charge in [0.2, 0.25) is 0 Å². The third kappa shape index (κ3) is 2.68. The van der Waals surface area contributed by atoms with Gasteiger partial charge >= 0.3 is 0 Å². The smallest absolute Gasteiger partial charge is 0.196 e. The zero-order chi connectivity index (χ0) is 21.9. The minimum absolute atomic E-state index is 0.0582. The van der Waals surface area contributed by atoms with E-state index in [0.29, 0.717) is 5.56 Å². The molecule has 0 spiro atoms. The second kappa shape index (κ2) is 6.85. The molecule has 4 aromatic carbocycles. The van der Waals surface area contributed by atoms with Gasteiger partial charge in [0.05, 0.1) is 17.0 Å². The highest BCUT2D eigenvalue weighted by atomic mass is 16.1. The molecule has 0 unspecified atom stereocenters. The van der Waals surface area contributed by atoms with Gasteiger partial charge in [-0.15, -0.1) is 0 Å². The van der Waals surface area contributed by atoms with Gasteiger partial charge in [-0.1, -0.05) is 91.0 Å². The van der Waals surface area contributed by atoms with Gasteiger partial charge in [-0.2, -0.15) is 0 Å². The molecule has 0 saturated heterocycles. The van der Waals surface area contributed by atoms with Crippen molar-refractivity contribution in [1.82, 2.24) is 4.98 Å². The summed E-state index contributed by atoms with van der Waals surface area (Å²) in [5.74, 6) is 0.0582. The fourth-order valence-corrected chi connectivity index (χ4v) is 5.29. The van der Waals surface area contributed by atoms with Crippen LogP contribution in [0.5, 0.6) is 0 Å². The molecule has 0 atom stereocenters. The maximum Gasteiger partial charge on any atom is 0.196 e. The number of hydrogen-bond donors (Lipinski definition) is 0. The molecule has 0 fully saturated rings. The van der Waals surface area contributed by atoms with Gasteiger partial charge in [-0.3, -0.25) is 4.79 Å². The molecule has 2 nitrogen and oxygen atoms in total. The lowest BCUT2D eigenvalue weighted by Gasteiger charge is -2.12. The van der Waals surface area contributed by atoms with Crippen LogP contribution in [0.4, 0.5) is 0 Å². The Balaban J connectivity index is 1.45. The van der Waals surface area contributed by atoms with E-state index in [0.717, 1.165) is 45.6 Å². The Morgan fingerprint density at radius 1 is 0.545 bits per heavy atom. The van der Waals surface area contributed by atoms with Crippen LogP contribution in [-0.2, 0) is 6.42 Å². The maximum absolute atomic E-state index is 13.4. The number of pyridine rings is 1. The number of ketones is 1. The molecule has 2 heteroatoms. The number of rotatable bonds is 2. The van der Waals surface area contributed by atoms with E-state index < -0.39 is 0 Å². The summed E-state index contributed by atoms with van der Waals surface area (Å²) < 4.78 is 0. The van der Waals surface area contributed by atoms with Crippen molar-refractivity contribution in [3.8, 4) is 44.8 Å². The van der Waals surface area contributed by atoms with Crippen LogP contribution >= 0.6 is 0 Å². The van der Waals surface area contributed by atoms with E-state index in [1.807, 2.05) is 42.5 Å². The number of hydrogen-bond acceptors (Lipinski definition) is 2. The molecule has 0 bridgehead atoms. The summed E-state index contributed by atoms with van der Waals surface area (Å²) >= 11 is 0. The Kier molecular flexibility index (Phi) is 3.80. The summed E-state index contributed by atoms with van der Waals surface area (Å²) in [5.41, 5.74) is 12.4. The lowest BCUT2D eigenvalue weighted by Crippen LogP contribution is -2.00. The molecule has 0 N–H and O–H groups in total. The van der Waals surface area contributed by atoms with Crippen molar-refractivity contribution in [2.24, 2.45) is 0 Å². The van der Waals surface area contributed by atoms with E-state index in [1.54, 1.807) is 0 Å². The minimum atomic E-state index is 0.0582. The average Bonchev–Trinajstić information content (AvgIpc) is 3.39. The van der Waals surface area contributed by atoms with E-state index in [9.17, 15) is 4.79 Å². The highest BCUT2D eigenvalue weighted by Gasteiger charge is 2.31. The van der Waals surface area contributed by atoms with E-state index in [2.05, 4.69) is 60.7 Å². The van der Waals surface area contributed by atoms with Crippen LogP contribution in [0.15, 0.2) is 103 Å². The van der Waals surface area contributed by atoms with E-state index in [-0.39, 0.29) is 5.78 Å². The zero-order valence-corrected chi connectivity index (χ0v) is 17.9. The number of benzene rings is 4. The van der Waals surface area contributed by atoms with Crippen molar-refractivity contribution < 1.29 is 4.79 Å². The number of carbonyl (C=O) groups excluding carboxylic acids is 1. The summed E-state index contributed by atoms with van der Waals surface area (Å²) in [6, 6.07) is 35.3. The van der Waals surface area contributed by atoms with Gasteiger partial charge in [0.25, 0.3) is 0 Å². The molecule has 0 amide bonds. The fourth-order valence-electron chi connectivity index (χ4n) is 5.29. The quantitative estimate of drug-likeness (QED) is 0.295. The monoisotopic (exact) mass is 421 g/mol. The van der Waals surface area contributed by atoms with Crippen molar-refractivity contribution >= 4 is 5.78 Å². The first kappa shape index (κ1) is 18.3. The summed E-state index contributed by atoms with van der Waals surface area (Å²) in [6.07, 6.45) is 0.942. The van der Waals surface area contributed by atoms with Gasteiger partial charge in [0.15, 0.2) is 5.78 Å². The molecule has 2 aliphatic carbocycles. The average molecular weight is 421 g/mol. The largest absolute Gasteiger partial charge is 0.288 e. The Morgan fingerprint density at radius 3 is 2.09 bits per heavy atom. The van der Waals surface area contributed by atoms with Crippen molar-refractivity contribution in [3.05, 3.63) is 125 Å². The molecule has 2 aliphatic rings. The highest BCUT2D eigenvalue weighted by Crippen LogP contribution is 2.43. The summed E-state index contributed by atoms with van der Waals surface area (Å²) in [6.45, 7) is 0. The van der Waals surface area contributed by atoms with Crippen LogP contribution < -0.4 is 0 Å². The molecule has 154 valence electrons. The Labute approximate surface area is 192 Å². The molecule has 33 heavy (non-hydrogen) atoms. The van der Waals surface area contributed by atoms with Gasteiger partial charge in [-0.05, 0) is 51.9 Å². The van der Waals surface area contributed by atoms with Gasteiger partial charge < -0.3 is 0 Å². The molecular weight excluding hydrogens is 402 g/mol. The first-order valence-corrected chi connectivity index (χ1v) is 11.2. The third-order valence-corrected chi connectivity index (χ3v) is 6.85. The topological polar surface area (TPSA) is 30.0 Å². The van der Waals surface area contributed by atoms with Crippen LogP contribution in [-0.4, -0.2) is 10.8 Å². The second-order valence-corrected chi connectivity index (χ2v) is 8.73. The number of nitrogens with zero attached hydrogens (tertiary/aromatic N) is 1. The van der Waals surface area contributed by atoms with E-state index >= 15 is 0 Å². The third-order valence-electron chi connectivity index (χ3n) is 6.85. The molecule has 0 radical (unpaired) electrons. The number of aromatic nitrogens is 1. The van der Waals surface area contributed by atoms with E-state index in [4.69, 9.17) is 4.98 Å². The summed E-state index contributed by atoms with van der Waals surface area (Å²) in [5, 5.41) is 0. The molecular formula is C31H19NO. The Bertz CT molecular complexity index is 1600. The van der Waals surface area contributed by atoms with Crippen LogP contribution in [0.25, 0.3) is 44.8 Å². The van der Waals surface area contributed by atoms with E-state index in [1.165, 1.54) is 22.3 Å². The molecule has 0 aliphatic heterocycles. The van der Waals surface area contributed by atoms with Gasteiger partial charge in [0, 0.05) is 16.7 Å². The predicted molar refractivity (Wildman–Crippen MR) is 132 cm³/mol. The summed E-state index contributed by atoms with van der Waals surface area (Å²) in [7, 11) is 0. The van der Waals surface area contributed by atoms with Crippen molar-refractivity contribution in [3.63, 3.8) is 0 Å². The molecule has 0 saturated carbocycles.